The van der Waals surface area contributed by atoms with Gasteiger partial charge in [0.2, 0.25) is 12.7 Å². The number of carbonyl (C=O) groups is 1. The molecule has 0 bridgehead atoms. The van der Waals surface area contributed by atoms with Crippen molar-refractivity contribution in [1.82, 2.24) is 9.80 Å². The van der Waals surface area contributed by atoms with Gasteiger partial charge < -0.3 is 19.3 Å². The van der Waals surface area contributed by atoms with E-state index in [0.717, 1.165) is 19.2 Å². The van der Waals surface area contributed by atoms with Crippen molar-refractivity contribution >= 4 is 12.0 Å². The molecule has 3 rings (SSSR count). The van der Waals surface area contributed by atoms with Crippen molar-refractivity contribution in [1.29, 1.82) is 0 Å². The number of nitrogens with zero attached hydrogens (tertiary/aromatic N) is 2. The maximum absolute atomic E-state index is 13.1. The van der Waals surface area contributed by atoms with Crippen LogP contribution in [0.1, 0.15) is 11.1 Å². The van der Waals surface area contributed by atoms with Crippen molar-refractivity contribution in [3.63, 3.8) is 0 Å². The van der Waals surface area contributed by atoms with Crippen LogP contribution in [0, 0.1) is 0 Å². The van der Waals surface area contributed by atoms with Crippen molar-refractivity contribution in [3.05, 3.63) is 29.3 Å². The fourth-order valence-electron chi connectivity index (χ4n) is 2.64. The summed E-state index contributed by atoms with van der Waals surface area (Å²) >= 11 is 0. The van der Waals surface area contributed by atoms with E-state index in [2.05, 4.69) is 4.90 Å². The summed E-state index contributed by atoms with van der Waals surface area (Å²) in [4.78, 5) is 15.9. The molecule has 2 aliphatic rings. The van der Waals surface area contributed by atoms with Gasteiger partial charge in [0.05, 0.1) is 0 Å². The second kappa shape index (κ2) is 6.35. The highest BCUT2D eigenvalue weighted by Crippen LogP contribution is 2.45. The Kier molecular flexibility index (Phi) is 4.40. The molecule has 0 atom stereocenters. The lowest BCUT2D eigenvalue weighted by atomic mass is 10.1. The molecule has 1 saturated heterocycles. The number of amides is 1. The molecule has 1 amide bonds. The minimum absolute atomic E-state index is 0.0384. The van der Waals surface area contributed by atoms with Crippen molar-refractivity contribution in [2.45, 2.75) is 6.18 Å². The Labute approximate surface area is 137 Å². The van der Waals surface area contributed by atoms with E-state index in [-0.39, 0.29) is 29.8 Å². The summed E-state index contributed by atoms with van der Waals surface area (Å²) in [5, 5.41) is 0. The van der Waals surface area contributed by atoms with Crippen LogP contribution in [0.2, 0.25) is 0 Å². The maximum atomic E-state index is 13.1. The summed E-state index contributed by atoms with van der Waals surface area (Å²) < 4.78 is 49.3. The standard InChI is InChI=1S/C16H17F3N2O3/c1-20-4-6-21(7-5-20)14(22)3-2-11-8-12(16(17,18)19)15-13(9-11)23-10-24-15/h2-3,8-9H,4-7,10H2,1H3/b3-2+. The second-order valence-electron chi connectivity index (χ2n) is 5.76. The summed E-state index contributed by atoms with van der Waals surface area (Å²) in [7, 11) is 1.98. The fourth-order valence-corrected chi connectivity index (χ4v) is 2.64. The van der Waals surface area contributed by atoms with Crippen LogP contribution in [0.25, 0.3) is 6.08 Å². The monoisotopic (exact) mass is 342 g/mol. The van der Waals surface area contributed by atoms with Crippen molar-refractivity contribution in [3.8, 4) is 11.5 Å². The first-order valence-corrected chi connectivity index (χ1v) is 7.51. The van der Waals surface area contributed by atoms with Crippen molar-refractivity contribution in [2.24, 2.45) is 0 Å². The predicted molar refractivity (Wildman–Crippen MR) is 80.7 cm³/mol. The summed E-state index contributed by atoms with van der Waals surface area (Å²) in [5.41, 5.74) is -0.654. The van der Waals surface area contributed by atoms with Crippen LogP contribution in [0.3, 0.4) is 0 Å². The highest BCUT2D eigenvalue weighted by molar-refractivity contribution is 5.92. The first kappa shape index (κ1) is 16.6. The number of halogens is 3. The normalized spacial score (nSPS) is 18.4. The Balaban J connectivity index is 1.79. The first-order valence-electron chi connectivity index (χ1n) is 7.51. The van der Waals surface area contributed by atoms with E-state index in [0.29, 0.717) is 13.1 Å². The summed E-state index contributed by atoms with van der Waals surface area (Å²) in [6.07, 6.45) is -1.88. The molecule has 0 radical (unpaired) electrons. The van der Waals surface area contributed by atoms with Crippen molar-refractivity contribution < 1.29 is 27.4 Å². The van der Waals surface area contributed by atoms with E-state index >= 15 is 0 Å². The van der Waals surface area contributed by atoms with Gasteiger partial charge in [-0.05, 0) is 30.8 Å². The summed E-state index contributed by atoms with van der Waals surface area (Å²) in [6, 6.07) is 2.40. The molecule has 0 N–H and O–H groups in total. The second-order valence-corrected chi connectivity index (χ2v) is 5.76. The number of ether oxygens (including phenoxy) is 2. The van der Waals surface area contributed by atoms with Crippen LogP contribution in [0.5, 0.6) is 11.5 Å². The predicted octanol–water partition coefficient (Wildman–Crippen LogP) is 2.22. The molecule has 2 heterocycles. The third-order valence-electron chi connectivity index (χ3n) is 4.03. The molecule has 0 aromatic heterocycles. The molecule has 8 heteroatoms. The fraction of sp³-hybridized carbons (Fsp3) is 0.438. The quantitative estimate of drug-likeness (QED) is 0.773. The molecule has 0 aliphatic carbocycles. The van der Waals surface area contributed by atoms with E-state index in [1.807, 2.05) is 7.05 Å². The van der Waals surface area contributed by atoms with Crippen LogP contribution in [0.4, 0.5) is 13.2 Å². The largest absolute Gasteiger partial charge is 0.454 e. The molecule has 5 nitrogen and oxygen atoms in total. The average Bonchev–Trinajstić information content (AvgIpc) is 2.99. The van der Waals surface area contributed by atoms with Gasteiger partial charge in [0.15, 0.2) is 11.5 Å². The molecule has 0 saturated carbocycles. The number of rotatable bonds is 2. The van der Waals surface area contributed by atoms with Crippen LogP contribution >= 0.6 is 0 Å². The van der Waals surface area contributed by atoms with E-state index < -0.39 is 11.7 Å². The zero-order chi connectivity index (χ0) is 17.3. The SMILES string of the molecule is CN1CCN(C(=O)/C=C/c2cc3c(c(C(F)(F)F)c2)OCO3)CC1. The molecule has 0 spiro atoms. The van der Waals surface area contributed by atoms with Gasteiger partial charge >= 0.3 is 6.18 Å². The first-order chi connectivity index (χ1) is 11.3. The van der Waals surface area contributed by atoms with Gasteiger partial charge in [0.25, 0.3) is 0 Å². The van der Waals surface area contributed by atoms with Crippen molar-refractivity contribution in [2.75, 3.05) is 40.0 Å². The lowest BCUT2D eigenvalue weighted by molar-refractivity contribution is -0.138. The van der Waals surface area contributed by atoms with Gasteiger partial charge in [-0.3, -0.25) is 4.79 Å². The number of piperazine rings is 1. The van der Waals surface area contributed by atoms with Crippen LogP contribution in [-0.4, -0.2) is 55.7 Å². The number of hydrogen-bond donors (Lipinski definition) is 0. The number of benzene rings is 1. The number of likely N-dealkylation sites (N-methyl/N-ethyl adjacent to an activating group) is 1. The van der Waals surface area contributed by atoms with Gasteiger partial charge in [-0.1, -0.05) is 0 Å². The van der Waals surface area contributed by atoms with Gasteiger partial charge in [-0.25, -0.2) is 0 Å². The van der Waals surface area contributed by atoms with Gasteiger partial charge in [0.1, 0.15) is 5.56 Å². The zero-order valence-corrected chi connectivity index (χ0v) is 13.1. The third kappa shape index (κ3) is 3.48. The highest BCUT2D eigenvalue weighted by atomic mass is 19.4. The number of hydrogen-bond acceptors (Lipinski definition) is 4. The maximum Gasteiger partial charge on any atom is 0.420 e. The molecule has 130 valence electrons. The lowest BCUT2D eigenvalue weighted by Gasteiger charge is -2.31. The van der Waals surface area contributed by atoms with Crippen LogP contribution in [-0.2, 0) is 11.0 Å². The Hall–Kier alpha value is -2.22. The molecule has 24 heavy (non-hydrogen) atoms. The van der Waals surface area contributed by atoms with E-state index in [9.17, 15) is 18.0 Å². The van der Waals surface area contributed by atoms with E-state index in [1.54, 1.807) is 4.90 Å². The Morgan fingerprint density at radius 2 is 1.88 bits per heavy atom. The van der Waals surface area contributed by atoms with Crippen LogP contribution < -0.4 is 9.47 Å². The molecular weight excluding hydrogens is 325 g/mol. The Bertz CT molecular complexity index is 665. The smallest absolute Gasteiger partial charge is 0.420 e. The summed E-state index contributed by atoms with van der Waals surface area (Å²) in [5.74, 6) is -0.476. The summed E-state index contributed by atoms with van der Waals surface area (Å²) in [6.45, 7) is 2.53. The molecule has 2 aliphatic heterocycles. The Morgan fingerprint density at radius 3 is 2.54 bits per heavy atom. The molecule has 1 aromatic rings. The zero-order valence-electron chi connectivity index (χ0n) is 13.1. The number of alkyl halides is 3. The number of carbonyl (C=O) groups excluding carboxylic acids is 1. The van der Waals surface area contributed by atoms with Gasteiger partial charge in [-0.2, -0.15) is 13.2 Å². The lowest BCUT2D eigenvalue weighted by Crippen LogP contribution is -2.46. The topological polar surface area (TPSA) is 42.0 Å². The highest BCUT2D eigenvalue weighted by Gasteiger charge is 2.38. The molecule has 0 unspecified atom stereocenters. The van der Waals surface area contributed by atoms with E-state index in [4.69, 9.17) is 9.47 Å². The number of fused-ring (bicyclic) bond motifs is 1. The molecule has 1 fully saturated rings. The van der Waals surface area contributed by atoms with E-state index in [1.165, 1.54) is 18.2 Å². The third-order valence-corrected chi connectivity index (χ3v) is 4.03. The molecule has 1 aromatic carbocycles. The minimum Gasteiger partial charge on any atom is -0.454 e. The van der Waals surface area contributed by atoms with Gasteiger partial charge in [0, 0.05) is 32.3 Å². The molecular formula is C16H17F3N2O3. The average molecular weight is 342 g/mol. The Morgan fingerprint density at radius 1 is 1.17 bits per heavy atom. The van der Waals surface area contributed by atoms with Gasteiger partial charge in [-0.15, -0.1) is 0 Å². The van der Waals surface area contributed by atoms with Crippen LogP contribution in [0.15, 0.2) is 18.2 Å². The minimum atomic E-state index is -4.55.